The Morgan fingerprint density at radius 2 is 2.26 bits per heavy atom. The number of ether oxygens (including phenoxy) is 2. The zero-order chi connectivity index (χ0) is 13.5. The molecule has 1 atom stereocenters. The summed E-state index contributed by atoms with van der Waals surface area (Å²) < 4.78 is 10.9. The van der Waals surface area contributed by atoms with Crippen molar-refractivity contribution in [3.05, 3.63) is 24.3 Å². The zero-order valence-corrected chi connectivity index (χ0v) is 11.7. The third-order valence-corrected chi connectivity index (χ3v) is 3.34. The molecule has 4 nitrogen and oxygen atoms in total. The van der Waals surface area contributed by atoms with Crippen molar-refractivity contribution in [3.63, 3.8) is 0 Å². The smallest absolute Gasteiger partial charge is 0.121 e. The van der Waals surface area contributed by atoms with Gasteiger partial charge in [0.1, 0.15) is 12.4 Å². The Hall–Kier alpha value is -1.26. The maximum Gasteiger partial charge on any atom is 0.121 e. The van der Waals surface area contributed by atoms with E-state index in [-0.39, 0.29) is 6.04 Å². The van der Waals surface area contributed by atoms with Crippen LogP contribution in [0.1, 0.15) is 19.8 Å². The highest BCUT2D eigenvalue weighted by Gasteiger charge is 2.17. The lowest BCUT2D eigenvalue weighted by Gasteiger charge is -2.32. The SMILES string of the molecule is CCOCCOc1cccc(N2CCCC(N)C2)c1. The molecule has 106 valence electrons. The van der Waals surface area contributed by atoms with Crippen LogP contribution in [0, 0.1) is 0 Å². The molecule has 0 bridgehead atoms. The minimum absolute atomic E-state index is 0.288. The molecule has 1 aliphatic rings. The summed E-state index contributed by atoms with van der Waals surface area (Å²) in [4.78, 5) is 2.34. The van der Waals surface area contributed by atoms with E-state index in [1.807, 2.05) is 19.1 Å². The van der Waals surface area contributed by atoms with Crippen LogP contribution in [0.2, 0.25) is 0 Å². The number of hydrogen-bond acceptors (Lipinski definition) is 4. The van der Waals surface area contributed by atoms with Crippen LogP contribution in [0.15, 0.2) is 24.3 Å². The lowest BCUT2D eigenvalue weighted by Crippen LogP contribution is -2.42. The minimum Gasteiger partial charge on any atom is -0.491 e. The first-order valence-corrected chi connectivity index (χ1v) is 7.10. The first-order valence-electron chi connectivity index (χ1n) is 7.10. The molecule has 19 heavy (non-hydrogen) atoms. The van der Waals surface area contributed by atoms with Gasteiger partial charge >= 0.3 is 0 Å². The second-order valence-corrected chi connectivity index (χ2v) is 4.89. The highest BCUT2D eigenvalue weighted by atomic mass is 16.5. The van der Waals surface area contributed by atoms with Gasteiger partial charge in [-0.1, -0.05) is 6.07 Å². The van der Waals surface area contributed by atoms with Crippen molar-refractivity contribution in [2.45, 2.75) is 25.8 Å². The molecule has 1 saturated heterocycles. The van der Waals surface area contributed by atoms with Gasteiger partial charge < -0.3 is 20.1 Å². The average molecular weight is 264 g/mol. The average Bonchev–Trinajstić information content (AvgIpc) is 2.44. The number of nitrogens with two attached hydrogens (primary N) is 1. The number of rotatable bonds is 6. The largest absolute Gasteiger partial charge is 0.491 e. The van der Waals surface area contributed by atoms with Crippen LogP contribution in [0.3, 0.4) is 0 Å². The number of anilines is 1. The molecule has 2 rings (SSSR count). The quantitative estimate of drug-likeness (QED) is 0.799. The van der Waals surface area contributed by atoms with E-state index < -0.39 is 0 Å². The summed E-state index contributed by atoms with van der Waals surface area (Å²) in [7, 11) is 0. The van der Waals surface area contributed by atoms with Crippen molar-refractivity contribution in [1.29, 1.82) is 0 Å². The third-order valence-electron chi connectivity index (χ3n) is 3.34. The maximum absolute atomic E-state index is 6.02. The maximum atomic E-state index is 6.02. The Bertz CT molecular complexity index is 384. The standard InChI is InChI=1S/C15H24N2O2/c1-2-18-9-10-19-15-7-3-6-14(11-15)17-8-4-5-13(16)12-17/h3,6-7,11,13H,2,4-5,8-10,12,16H2,1H3. The molecule has 0 saturated carbocycles. The van der Waals surface area contributed by atoms with E-state index in [9.17, 15) is 0 Å². The van der Waals surface area contributed by atoms with Crippen LogP contribution < -0.4 is 15.4 Å². The predicted octanol–water partition coefficient (Wildman–Crippen LogP) is 2.03. The van der Waals surface area contributed by atoms with Gasteiger partial charge in [0.2, 0.25) is 0 Å². The van der Waals surface area contributed by atoms with E-state index in [2.05, 4.69) is 17.0 Å². The summed E-state index contributed by atoms with van der Waals surface area (Å²) in [5.41, 5.74) is 7.22. The Kier molecular flexibility index (Phi) is 5.48. The highest BCUT2D eigenvalue weighted by Crippen LogP contribution is 2.23. The molecule has 1 heterocycles. The molecule has 0 spiro atoms. The van der Waals surface area contributed by atoms with E-state index in [1.54, 1.807) is 0 Å². The van der Waals surface area contributed by atoms with Crippen LogP contribution in [0.4, 0.5) is 5.69 Å². The fourth-order valence-electron chi connectivity index (χ4n) is 2.38. The van der Waals surface area contributed by atoms with Gasteiger partial charge in [0.05, 0.1) is 6.61 Å². The van der Waals surface area contributed by atoms with Gasteiger partial charge in [-0.2, -0.15) is 0 Å². The van der Waals surface area contributed by atoms with Crippen LogP contribution in [-0.2, 0) is 4.74 Å². The second kappa shape index (κ2) is 7.36. The molecule has 4 heteroatoms. The first kappa shape index (κ1) is 14.2. The summed E-state index contributed by atoms with van der Waals surface area (Å²) in [6.45, 7) is 5.96. The number of benzene rings is 1. The fourth-order valence-corrected chi connectivity index (χ4v) is 2.38. The first-order chi connectivity index (χ1) is 9.29. The van der Waals surface area contributed by atoms with Gasteiger partial charge in [0.25, 0.3) is 0 Å². The van der Waals surface area contributed by atoms with Gasteiger partial charge in [0.15, 0.2) is 0 Å². The van der Waals surface area contributed by atoms with E-state index in [0.717, 1.165) is 38.3 Å². The van der Waals surface area contributed by atoms with Crippen LogP contribution in [0.5, 0.6) is 5.75 Å². The van der Waals surface area contributed by atoms with E-state index in [1.165, 1.54) is 5.69 Å². The molecule has 0 radical (unpaired) electrons. The molecular formula is C15H24N2O2. The fraction of sp³-hybridized carbons (Fsp3) is 0.600. The Morgan fingerprint density at radius 1 is 1.37 bits per heavy atom. The molecule has 1 aromatic carbocycles. The summed E-state index contributed by atoms with van der Waals surface area (Å²) in [5, 5.41) is 0. The van der Waals surface area contributed by atoms with Crippen molar-refractivity contribution in [1.82, 2.24) is 0 Å². The number of hydrogen-bond donors (Lipinski definition) is 1. The zero-order valence-electron chi connectivity index (χ0n) is 11.7. The van der Waals surface area contributed by atoms with Crippen molar-refractivity contribution in [3.8, 4) is 5.75 Å². The number of nitrogens with zero attached hydrogens (tertiary/aromatic N) is 1. The van der Waals surface area contributed by atoms with Crippen LogP contribution in [0.25, 0.3) is 0 Å². The molecule has 2 N–H and O–H groups in total. The monoisotopic (exact) mass is 264 g/mol. The van der Waals surface area contributed by atoms with Crippen LogP contribution >= 0.6 is 0 Å². The summed E-state index contributed by atoms with van der Waals surface area (Å²) >= 11 is 0. The van der Waals surface area contributed by atoms with Gasteiger partial charge in [-0.15, -0.1) is 0 Å². The van der Waals surface area contributed by atoms with Gasteiger partial charge in [-0.25, -0.2) is 0 Å². The third kappa shape index (κ3) is 4.40. The Morgan fingerprint density at radius 3 is 3.05 bits per heavy atom. The van der Waals surface area contributed by atoms with Crippen LogP contribution in [-0.4, -0.2) is 39.0 Å². The highest BCUT2D eigenvalue weighted by molar-refractivity contribution is 5.51. The topological polar surface area (TPSA) is 47.7 Å². The minimum atomic E-state index is 0.288. The molecule has 1 unspecified atom stereocenters. The normalized spacial score (nSPS) is 19.5. The van der Waals surface area contributed by atoms with E-state index in [4.69, 9.17) is 15.2 Å². The number of piperidine rings is 1. The van der Waals surface area contributed by atoms with Crippen molar-refractivity contribution in [2.24, 2.45) is 5.73 Å². The van der Waals surface area contributed by atoms with Crippen molar-refractivity contribution in [2.75, 3.05) is 37.8 Å². The molecule has 0 aromatic heterocycles. The predicted molar refractivity (Wildman–Crippen MR) is 77.9 cm³/mol. The molecular weight excluding hydrogens is 240 g/mol. The van der Waals surface area contributed by atoms with Gasteiger partial charge in [-0.05, 0) is 31.9 Å². The van der Waals surface area contributed by atoms with E-state index >= 15 is 0 Å². The lowest BCUT2D eigenvalue weighted by atomic mass is 10.1. The summed E-state index contributed by atoms with van der Waals surface area (Å²) in [6.07, 6.45) is 2.29. The van der Waals surface area contributed by atoms with Crippen molar-refractivity contribution < 1.29 is 9.47 Å². The molecule has 0 amide bonds. The summed E-state index contributed by atoms with van der Waals surface area (Å²) in [6, 6.07) is 8.51. The summed E-state index contributed by atoms with van der Waals surface area (Å²) in [5.74, 6) is 0.899. The molecule has 1 aromatic rings. The molecule has 0 aliphatic carbocycles. The second-order valence-electron chi connectivity index (χ2n) is 4.89. The van der Waals surface area contributed by atoms with Crippen molar-refractivity contribution >= 4 is 5.69 Å². The lowest BCUT2D eigenvalue weighted by molar-refractivity contribution is 0.110. The molecule has 1 fully saturated rings. The molecule has 1 aliphatic heterocycles. The Balaban J connectivity index is 1.90. The van der Waals surface area contributed by atoms with Gasteiger partial charge in [-0.3, -0.25) is 0 Å². The van der Waals surface area contributed by atoms with E-state index in [0.29, 0.717) is 13.2 Å². The Labute approximate surface area is 115 Å². The van der Waals surface area contributed by atoms with Gasteiger partial charge in [0, 0.05) is 37.5 Å².